The third-order valence-electron chi connectivity index (χ3n) is 4.69. The number of rotatable bonds is 5. The monoisotopic (exact) mass is 437 g/mol. The lowest BCUT2D eigenvalue weighted by Crippen LogP contribution is -2.35. The number of fused-ring (bicyclic) bond motifs is 1. The quantitative estimate of drug-likeness (QED) is 0.569. The second kappa shape index (κ2) is 10.6. The standard InChI is InChI=1S/C20H23N5O2.2ClH/c21-12-14-2-1-3-15(10-14)20(26)22-16-4-5-17-18(11-16)24-19(23-17)13-25-6-8-27-9-7-25;;/h1-5,10-11H,6-9,12-13,21H2,(H,22,26)(H,23,24);2*1H. The fraction of sp³-hybridized carbons (Fsp3) is 0.300. The van der Waals surface area contributed by atoms with E-state index in [0.717, 1.165) is 61.0 Å². The first-order valence-corrected chi connectivity index (χ1v) is 9.10. The van der Waals surface area contributed by atoms with E-state index in [9.17, 15) is 4.79 Å². The number of carbonyl (C=O) groups is 1. The summed E-state index contributed by atoms with van der Waals surface area (Å²) in [6.07, 6.45) is 0. The zero-order valence-electron chi connectivity index (χ0n) is 15.9. The van der Waals surface area contributed by atoms with E-state index in [4.69, 9.17) is 10.5 Å². The number of morpholine rings is 1. The molecule has 7 nitrogen and oxygen atoms in total. The number of aromatic nitrogens is 2. The minimum atomic E-state index is -0.155. The summed E-state index contributed by atoms with van der Waals surface area (Å²) in [6.45, 7) is 4.54. The van der Waals surface area contributed by atoms with Crippen LogP contribution in [0.15, 0.2) is 42.5 Å². The van der Waals surface area contributed by atoms with Crippen molar-refractivity contribution in [2.24, 2.45) is 5.73 Å². The van der Waals surface area contributed by atoms with Crippen molar-refractivity contribution in [1.82, 2.24) is 14.9 Å². The molecule has 1 aliphatic heterocycles. The number of ether oxygens (including phenoxy) is 1. The van der Waals surface area contributed by atoms with Crippen molar-refractivity contribution in [1.29, 1.82) is 0 Å². The predicted molar refractivity (Wildman–Crippen MR) is 119 cm³/mol. The first-order chi connectivity index (χ1) is 13.2. The molecule has 0 bridgehead atoms. The van der Waals surface area contributed by atoms with Gasteiger partial charge in [-0.15, -0.1) is 24.8 Å². The summed E-state index contributed by atoms with van der Waals surface area (Å²) in [5, 5.41) is 2.94. The Balaban J connectivity index is 0.00000150. The third kappa shape index (κ3) is 5.68. The number of aromatic amines is 1. The highest BCUT2D eigenvalue weighted by Gasteiger charge is 2.13. The van der Waals surface area contributed by atoms with Crippen LogP contribution in [-0.4, -0.2) is 47.1 Å². The number of benzene rings is 2. The molecule has 1 aliphatic rings. The van der Waals surface area contributed by atoms with Gasteiger partial charge in [0, 0.05) is 30.9 Å². The molecule has 0 unspecified atom stereocenters. The molecule has 1 aromatic heterocycles. The summed E-state index contributed by atoms with van der Waals surface area (Å²) in [6, 6.07) is 13.0. The molecule has 4 rings (SSSR count). The Morgan fingerprint density at radius 1 is 1.17 bits per heavy atom. The van der Waals surface area contributed by atoms with Crippen molar-refractivity contribution in [3.05, 3.63) is 59.4 Å². The number of hydrogen-bond acceptors (Lipinski definition) is 5. The van der Waals surface area contributed by atoms with E-state index in [1.807, 2.05) is 36.4 Å². The van der Waals surface area contributed by atoms with Gasteiger partial charge < -0.3 is 20.8 Å². The van der Waals surface area contributed by atoms with Gasteiger partial charge in [0.1, 0.15) is 5.82 Å². The van der Waals surface area contributed by atoms with Crippen molar-refractivity contribution in [3.63, 3.8) is 0 Å². The first-order valence-electron chi connectivity index (χ1n) is 9.10. The largest absolute Gasteiger partial charge is 0.379 e. The normalized spacial score (nSPS) is 14.1. The fourth-order valence-corrected chi connectivity index (χ4v) is 3.23. The van der Waals surface area contributed by atoms with Crippen LogP contribution in [0.4, 0.5) is 5.69 Å². The van der Waals surface area contributed by atoms with Gasteiger partial charge in [-0.1, -0.05) is 12.1 Å². The van der Waals surface area contributed by atoms with E-state index >= 15 is 0 Å². The summed E-state index contributed by atoms with van der Waals surface area (Å²) in [5.41, 5.74) is 9.70. The minimum absolute atomic E-state index is 0. The van der Waals surface area contributed by atoms with Gasteiger partial charge in [0.2, 0.25) is 0 Å². The molecule has 0 atom stereocenters. The van der Waals surface area contributed by atoms with Crippen LogP contribution in [0.3, 0.4) is 0 Å². The average Bonchev–Trinajstić information content (AvgIpc) is 3.10. The van der Waals surface area contributed by atoms with Crippen LogP contribution in [0.5, 0.6) is 0 Å². The number of anilines is 1. The number of hydrogen-bond donors (Lipinski definition) is 3. The predicted octanol–water partition coefficient (Wildman–Crippen LogP) is 2.95. The molecule has 1 fully saturated rings. The Morgan fingerprint density at radius 3 is 2.72 bits per heavy atom. The molecule has 0 aliphatic carbocycles. The van der Waals surface area contributed by atoms with Crippen molar-refractivity contribution in [2.45, 2.75) is 13.1 Å². The molecule has 2 heterocycles. The second-order valence-corrected chi connectivity index (χ2v) is 6.66. The number of nitrogens with zero attached hydrogens (tertiary/aromatic N) is 2. The maximum absolute atomic E-state index is 12.5. The molecule has 0 radical (unpaired) electrons. The SMILES string of the molecule is Cl.Cl.NCc1cccc(C(=O)Nc2ccc3nc(CN4CCOCC4)[nH]c3c2)c1. The van der Waals surface area contributed by atoms with Gasteiger partial charge in [-0.2, -0.15) is 0 Å². The highest BCUT2D eigenvalue weighted by atomic mass is 35.5. The highest BCUT2D eigenvalue weighted by Crippen LogP contribution is 2.19. The van der Waals surface area contributed by atoms with Crippen LogP contribution in [0.2, 0.25) is 0 Å². The van der Waals surface area contributed by atoms with E-state index in [1.165, 1.54) is 0 Å². The summed E-state index contributed by atoms with van der Waals surface area (Å²) < 4.78 is 5.38. The smallest absolute Gasteiger partial charge is 0.255 e. The van der Waals surface area contributed by atoms with Crippen LogP contribution in [-0.2, 0) is 17.8 Å². The molecular weight excluding hydrogens is 413 g/mol. The Labute approximate surface area is 181 Å². The zero-order chi connectivity index (χ0) is 18.6. The lowest BCUT2D eigenvalue weighted by molar-refractivity contribution is 0.0332. The highest BCUT2D eigenvalue weighted by molar-refractivity contribution is 6.05. The first kappa shape index (κ1) is 23.1. The van der Waals surface area contributed by atoms with Gasteiger partial charge in [0.25, 0.3) is 5.91 Å². The van der Waals surface area contributed by atoms with Crippen molar-refractivity contribution < 1.29 is 9.53 Å². The fourth-order valence-electron chi connectivity index (χ4n) is 3.23. The lowest BCUT2D eigenvalue weighted by Gasteiger charge is -2.25. The van der Waals surface area contributed by atoms with Gasteiger partial charge in [0.05, 0.1) is 30.8 Å². The van der Waals surface area contributed by atoms with Crippen LogP contribution in [0, 0.1) is 0 Å². The topological polar surface area (TPSA) is 96.3 Å². The third-order valence-corrected chi connectivity index (χ3v) is 4.69. The Bertz CT molecular complexity index is 957. The maximum Gasteiger partial charge on any atom is 0.255 e. The molecular formula is C20H25Cl2N5O2. The van der Waals surface area contributed by atoms with Crippen LogP contribution < -0.4 is 11.1 Å². The second-order valence-electron chi connectivity index (χ2n) is 6.66. The Hall–Kier alpha value is -2.16. The summed E-state index contributed by atoms with van der Waals surface area (Å²) in [7, 11) is 0. The molecule has 1 amide bonds. The van der Waals surface area contributed by atoms with E-state index in [2.05, 4.69) is 20.2 Å². The molecule has 3 aromatic rings. The van der Waals surface area contributed by atoms with Crippen LogP contribution >= 0.6 is 24.8 Å². The van der Waals surface area contributed by atoms with Crippen molar-refractivity contribution >= 4 is 47.4 Å². The number of halogens is 2. The van der Waals surface area contributed by atoms with Gasteiger partial charge in [0.15, 0.2) is 0 Å². The van der Waals surface area contributed by atoms with Crippen molar-refractivity contribution in [3.8, 4) is 0 Å². The van der Waals surface area contributed by atoms with E-state index in [1.54, 1.807) is 6.07 Å². The maximum atomic E-state index is 12.5. The molecule has 1 saturated heterocycles. The van der Waals surface area contributed by atoms with Crippen LogP contribution in [0.25, 0.3) is 11.0 Å². The van der Waals surface area contributed by atoms with E-state index in [0.29, 0.717) is 12.1 Å². The minimum Gasteiger partial charge on any atom is -0.379 e. The number of nitrogens with two attached hydrogens (primary N) is 1. The summed E-state index contributed by atoms with van der Waals surface area (Å²) in [4.78, 5) is 22.8. The van der Waals surface area contributed by atoms with E-state index < -0.39 is 0 Å². The zero-order valence-corrected chi connectivity index (χ0v) is 17.5. The molecule has 29 heavy (non-hydrogen) atoms. The summed E-state index contributed by atoms with van der Waals surface area (Å²) in [5.74, 6) is 0.767. The average molecular weight is 438 g/mol. The number of amides is 1. The Morgan fingerprint density at radius 2 is 1.97 bits per heavy atom. The van der Waals surface area contributed by atoms with Gasteiger partial charge in [-0.3, -0.25) is 9.69 Å². The van der Waals surface area contributed by atoms with Gasteiger partial charge in [-0.05, 0) is 35.9 Å². The van der Waals surface area contributed by atoms with Crippen LogP contribution in [0.1, 0.15) is 21.7 Å². The van der Waals surface area contributed by atoms with Gasteiger partial charge in [-0.25, -0.2) is 4.98 Å². The Kier molecular flexibility index (Phi) is 8.43. The number of nitrogens with one attached hydrogen (secondary N) is 2. The molecule has 9 heteroatoms. The van der Waals surface area contributed by atoms with Crippen molar-refractivity contribution in [2.75, 3.05) is 31.6 Å². The molecule has 4 N–H and O–H groups in total. The van der Waals surface area contributed by atoms with Gasteiger partial charge >= 0.3 is 0 Å². The molecule has 0 saturated carbocycles. The number of carbonyl (C=O) groups excluding carboxylic acids is 1. The summed E-state index contributed by atoms with van der Waals surface area (Å²) >= 11 is 0. The van der Waals surface area contributed by atoms with E-state index in [-0.39, 0.29) is 30.7 Å². The molecule has 0 spiro atoms. The number of H-pyrrole nitrogens is 1. The molecule has 156 valence electrons. The molecule has 2 aromatic carbocycles. The number of imidazole rings is 1. The lowest BCUT2D eigenvalue weighted by atomic mass is 10.1.